The fourth-order valence-electron chi connectivity index (χ4n) is 1.65. The van der Waals surface area contributed by atoms with Crippen LogP contribution in [0.5, 0.6) is 5.75 Å². The van der Waals surface area contributed by atoms with E-state index < -0.39 is 18.2 Å². The normalized spacial score (nSPS) is 13.7. The molecule has 0 amide bonds. The van der Waals surface area contributed by atoms with Crippen molar-refractivity contribution in [3.05, 3.63) is 28.8 Å². The number of carbonyl (C=O) groups excluding carboxylic acids is 1. The van der Waals surface area contributed by atoms with Crippen molar-refractivity contribution in [3.63, 3.8) is 0 Å². The zero-order valence-electron chi connectivity index (χ0n) is 10.8. The second-order valence-corrected chi connectivity index (χ2v) is 4.34. The molecule has 2 atom stereocenters. The summed E-state index contributed by atoms with van der Waals surface area (Å²) in [6.45, 7) is 1.89. The largest absolute Gasteiger partial charge is 0.496 e. The lowest BCUT2D eigenvalue weighted by Crippen LogP contribution is -2.23. The van der Waals surface area contributed by atoms with Crippen LogP contribution in [-0.4, -0.2) is 36.0 Å². The molecule has 1 rings (SSSR count). The first-order chi connectivity index (χ1) is 8.99. The Hall–Kier alpha value is -1.30. The zero-order valence-corrected chi connectivity index (χ0v) is 11.6. The van der Waals surface area contributed by atoms with Gasteiger partial charge in [-0.05, 0) is 25.1 Å². The molecule has 0 saturated heterocycles. The van der Waals surface area contributed by atoms with Crippen molar-refractivity contribution in [1.29, 1.82) is 0 Å². The summed E-state index contributed by atoms with van der Waals surface area (Å²) in [7, 11) is 1.44. The van der Waals surface area contributed by atoms with Crippen molar-refractivity contribution in [1.82, 2.24) is 0 Å². The van der Waals surface area contributed by atoms with Crippen molar-refractivity contribution >= 4 is 17.6 Å². The van der Waals surface area contributed by atoms with Crippen molar-refractivity contribution in [2.45, 2.75) is 25.6 Å². The lowest BCUT2D eigenvalue weighted by molar-refractivity contribution is -0.147. The molecular weight excluding hydrogens is 272 g/mol. The van der Waals surface area contributed by atoms with E-state index in [1.165, 1.54) is 13.2 Å². The molecule has 0 aliphatic carbocycles. The number of hydrogen-bond donors (Lipinski definition) is 2. The Labute approximate surface area is 116 Å². The van der Waals surface area contributed by atoms with Crippen LogP contribution in [0.15, 0.2) is 18.2 Å². The van der Waals surface area contributed by atoms with E-state index in [1.54, 1.807) is 19.1 Å². The van der Waals surface area contributed by atoms with Gasteiger partial charge in [-0.1, -0.05) is 11.6 Å². The Balaban J connectivity index is 2.83. The Bertz CT molecular complexity index is 435. The standard InChI is InChI=1S/C13H17ClO5/c1-3-19-12(16)7-10(15)13(17)9-6-8(14)4-5-11(9)18-2/h4-6,10,13,15,17H,3,7H2,1-2H3. The van der Waals surface area contributed by atoms with Gasteiger partial charge in [0.25, 0.3) is 0 Å². The molecule has 0 aliphatic rings. The molecule has 0 aliphatic heterocycles. The molecule has 0 saturated carbocycles. The number of aliphatic hydroxyl groups is 2. The van der Waals surface area contributed by atoms with Crippen LogP contribution in [0.1, 0.15) is 25.0 Å². The molecule has 0 bridgehead atoms. The number of ether oxygens (including phenoxy) is 2. The smallest absolute Gasteiger partial charge is 0.308 e. The summed E-state index contributed by atoms with van der Waals surface area (Å²) >= 11 is 5.84. The van der Waals surface area contributed by atoms with E-state index in [4.69, 9.17) is 21.1 Å². The molecule has 2 unspecified atom stereocenters. The summed E-state index contributed by atoms with van der Waals surface area (Å²) in [6, 6.07) is 4.67. The topological polar surface area (TPSA) is 76.0 Å². The van der Waals surface area contributed by atoms with E-state index in [-0.39, 0.29) is 13.0 Å². The second kappa shape index (κ2) is 7.33. The number of halogens is 1. The first-order valence-electron chi connectivity index (χ1n) is 5.84. The molecule has 0 aromatic heterocycles. The van der Waals surface area contributed by atoms with Gasteiger partial charge < -0.3 is 19.7 Å². The van der Waals surface area contributed by atoms with Gasteiger partial charge in [0, 0.05) is 10.6 Å². The van der Waals surface area contributed by atoms with Crippen molar-refractivity contribution < 1.29 is 24.5 Å². The molecule has 1 aromatic carbocycles. The fraction of sp³-hybridized carbons (Fsp3) is 0.462. The average molecular weight is 289 g/mol. The lowest BCUT2D eigenvalue weighted by atomic mass is 10.0. The first-order valence-corrected chi connectivity index (χ1v) is 6.22. The van der Waals surface area contributed by atoms with E-state index in [0.29, 0.717) is 16.3 Å². The minimum atomic E-state index is -1.29. The molecular formula is C13H17ClO5. The quantitative estimate of drug-likeness (QED) is 0.779. The third kappa shape index (κ3) is 4.38. The van der Waals surface area contributed by atoms with Gasteiger partial charge in [0.05, 0.1) is 26.2 Å². The third-order valence-corrected chi connectivity index (χ3v) is 2.79. The predicted octanol–water partition coefficient (Wildman–Crippen LogP) is 1.70. The highest BCUT2D eigenvalue weighted by Gasteiger charge is 2.25. The molecule has 0 radical (unpaired) electrons. The summed E-state index contributed by atoms with van der Waals surface area (Å²) in [5.41, 5.74) is 0.326. The molecule has 0 fully saturated rings. The molecule has 106 valence electrons. The Morgan fingerprint density at radius 3 is 2.68 bits per heavy atom. The summed E-state index contributed by atoms with van der Waals surface area (Å²) in [5.74, 6) is -0.185. The number of esters is 1. The minimum absolute atomic E-state index is 0.224. The molecule has 19 heavy (non-hydrogen) atoms. The van der Waals surface area contributed by atoms with Crippen molar-refractivity contribution in [2.24, 2.45) is 0 Å². The highest BCUT2D eigenvalue weighted by molar-refractivity contribution is 6.30. The molecule has 1 aromatic rings. The lowest BCUT2D eigenvalue weighted by Gasteiger charge is -2.19. The maximum Gasteiger partial charge on any atom is 0.308 e. The van der Waals surface area contributed by atoms with Gasteiger partial charge in [0.1, 0.15) is 11.9 Å². The highest BCUT2D eigenvalue weighted by atomic mass is 35.5. The van der Waals surface area contributed by atoms with Gasteiger partial charge in [-0.15, -0.1) is 0 Å². The minimum Gasteiger partial charge on any atom is -0.496 e. The summed E-state index contributed by atoms with van der Waals surface area (Å²) in [5, 5.41) is 20.3. The molecule has 2 N–H and O–H groups in total. The second-order valence-electron chi connectivity index (χ2n) is 3.91. The van der Waals surface area contributed by atoms with Crippen LogP contribution in [0.4, 0.5) is 0 Å². The van der Waals surface area contributed by atoms with Crippen molar-refractivity contribution in [3.8, 4) is 5.75 Å². The number of aliphatic hydroxyl groups excluding tert-OH is 2. The van der Waals surface area contributed by atoms with Gasteiger partial charge in [0.2, 0.25) is 0 Å². The van der Waals surface area contributed by atoms with Gasteiger partial charge in [-0.2, -0.15) is 0 Å². The number of rotatable bonds is 6. The monoisotopic (exact) mass is 288 g/mol. The zero-order chi connectivity index (χ0) is 14.4. The Kier molecular flexibility index (Phi) is 6.08. The highest BCUT2D eigenvalue weighted by Crippen LogP contribution is 2.30. The van der Waals surface area contributed by atoms with E-state index in [2.05, 4.69) is 0 Å². The summed E-state index contributed by atoms with van der Waals surface area (Å²) in [4.78, 5) is 11.3. The predicted molar refractivity (Wildman–Crippen MR) is 70.2 cm³/mol. The summed E-state index contributed by atoms with van der Waals surface area (Å²) in [6.07, 6.45) is -2.87. The SMILES string of the molecule is CCOC(=O)CC(O)C(O)c1cc(Cl)ccc1OC. The van der Waals surface area contributed by atoms with E-state index in [1.807, 2.05) is 0 Å². The van der Waals surface area contributed by atoms with Crippen LogP contribution in [0.2, 0.25) is 5.02 Å². The molecule has 6 heteroatoms. The maximum absolute atomic E-state index is 11.3. The number of methoxy groups -OCH3 is 1. The van der Waals surface area contributed by atoms with E-state index >= 15 is 0 Å². The maximum atomic E-state index is 11.3. The van der Waals surface area contributed by atoms with Gasteiger partial charge in [0.15, 0.2) is 0 Å². The molecule has 0 heterocycles. The molecule has 5 nitrogen and oxygen atoms in total. The number of benzene rings is 1. The van der Waals surface area contributed by atoms with E-state index in [9.17, 15) is 15.0 Å². The van der Waals surface area contributed by atoms with Gasteiger partial charge >= 0.3 is 5.97 Å². The third-order valence-electron chi connectivity index (χ3n) is 2.56. The van der Waals surface area contributed by atoms with Crippen LogP contribution >= 0.6 is 11.6 Å². The van der Waals surface area contributed by atoms with Crippen LogP contribution in [-0.2, 0) is 9.53 Å². The van der Waals surface area contributed by atoms with E-state index in [0.717, 1.165) is 0 Å². The summed E-state index contributed by atoms with van der Waals surface area (Å²) < 4.78 is 9.79. The van der Waals surface area contributed by atoms with Crippen LogP contribution in [0.3, 0.4) is 0 Å². The average Bonchev–Trinajstić information content (AvgIpc) is 2.37. The molecule has 0 spiro atoms. The number of carbonyl (C=O) groups is 1. The van der Waals surface area contributed by atoms with Gasteiger partial charge in [-0.3, -0.25) is 4.79 Å². The van der Waals surface area contributed by atoms with Crippen LogP contribution < -0.4 is 4.74 Å². The Morgan fingerprint density at radius 2 is 2.11 bits per heavy atom. The number of hydrogen-bond acceptors (Lipinski definition) is 5. The van der Waals surface area contributed by atoms with Crippen LogP contribution in [0, 0.1) is 0 Å². The Morgan fingerprint density at radius 1 is 1.42 bits per heavy atom. The van der Waals surface area contributed by atoms with Crippen LogP contribution in [0.25, 0.3) is 0 Å². The fourth-order valence-corrected chi connectivity index (χ4v) is 1.83. The van der Waals surface area contributed by atoms with Gasteiger partial charge in [-0.25, -0.2) is 0 Å². The van der Waals surface area contributed by atoms with Crippen molar-refractivity contribution in [2.75, 3.05) is 13.7 Å². The first kappa shape index (κ1) is 15.8.